The van der Waals surface area contributed by atoms with Crippen LogP contribution in [0.3, 0.4) is 0 Å². The molecule has 0 N–H and O–H groups in total. The van der Waals surface area contributed by atoms with Crippen LogP contribution >= 0.6 is 0 Å². The lowest BCUT2D eigenvalue weighted by Gasteiger charge is -2.18. The normalized spacial score (nSPS) is 11.8. The van der Waals surface area contributed by atoms with Crippen LogP contribution in [0.1, 0.15) is 0 Å². The SMILES string of the molecule is Fc1cc2c(c(F)c1F)c1c(F)c(F)c(F)c(F)c1n2-c1cc(-c2cc(-c3cccc(-c4ccccc4)c3)cc(-c3cccc(-c4ccccc4)c3)c2)cc(-n2c3c(F)c(F)c(F)c(F)c3c3c(F)c(F)c(F)c(F)c32)c1. The third kappa shape index (κ3) is 7.38. The number of halogens is 15. The maximum absolute atomic E-state index is 16.5. The number of nitrogens with zero attached hydrogens (tertiary/aromatic N) is 2. The van der Waals surface area contributed by atoms with Crippen LogP contribution in [0.4, 0.5) is 65.9 Å². The Morgan fingerprint density at radius 3 is 0.935 bits per heavy atom. The van der Waals surface area contributed by atoms with Crippen LogP contribution in [0.2, 0.25) is 0 Å². The standard InChI is InChI=1S/C60H25F15N2/c61-38-25-39-40(45(63)44(38)62)41-46(64)49(67)52(70)55(73)58(41)76(39)36-22-35(23-37(24-36)77-59-42(47(65)50(68)53(71)56(59)74)43-48(66)51(69)54(72)57(75)60(43)77)34-20-32(30-15-7-13-28(17-30)26-9-3-1-4-10-26)19-33(21-34)31-16-8-14-29(18-31)27-11-5-2-6-12-27/h1-25H. The molecule has 10 aromatic carbocycles. The van der Waals surface area contributed by atoms with Crippen molar-refractivity contribution in [2.75, 3.05) is 0 Å². The average Bonchev–Trinajstić information content (AvgIpc) is 4.23. The lowest BCUT2D eigenvalue weighted by atomic mass is 9.91. The van der Waals surface area contributed by atoms with E-state index in [4.69, 9.17) is 0 Å². The summed E-state index contributed by atoms with van der Waals surface area (Å²) in [7, 11) is 0. The lowest BCUT2D eigenvalue weighted by Crippen LogP contribution is -2.06. The van der Waals surface area contributed by atoms with E-state index in [1.54, 1.807) is 42.5 Å². The number of fused-ring (bicyclic) bond motifs is 6. The molecule has 0 radical (unpaired) electrons. The van der Waals surface area contributed by atoms with Crippen molar-refractivity contribution in [3.05, 3.63) is 239 Å². The molecule has 2 nitrogen and oxygen atoms in total. The highest BCUT2D eigenvalue weighted by molar-refractivity contribution is 6.12. The van der Waals surface area contributed by atoms with E-state index in [2.05, 4.69) is 0 Å². The van der Waals surface area contributed by atoms with Crippen LogP contribution in [-0.2, 0) is 0 Å². The molecule has 12 rings (SSSR count). The van der Waals surface area contributed by atoms with Gasteiger partial charge in [0, 0.05) is 17.4 Å². The molecular formula is C60H25F15N2. The first-order valence-corrected chi connectivity index (χ1v) is 22.9. The van der Waals surface area contributed by atoms with Gasteiger partial charge in [0.15, 0.2) is 87.3 Å². The van der Waals surface area contributed by atoms with Crippen molar-refractivity contribution in [2.24, 2.45) is 0 Å². The van der Waals surface area contributed by atoms with E-state index in [1.807, 2.05) is 84.9 Å². The molecule has 0 spiro atoms. The molecule has 12 aromatic rings. The Labute approximate surface area is 423 Å². The Kier molecular flexibility index (Phi) is 11.4. The minimum atomic E-state index is -2.58. The predicted octanol–water partition coefficient (Wildman–Crippen LogP) is 18.3. The van der Waals surface area contributed by atoms with E-state index < -0.39 is 142 Å². The maximum atomic E-state index is 16.5. The number of benzene rings is 10. The molecule has 0 saturated carbocycles. The third-order valence-electron chi connectivity index (χ3n) is 13.6. The summed E-state index contributed by atoms with van der Waals surface area (Å²) >= 11 is 0. The maximum Gasteiger partial charge on any atom is 0.199 e. The first-order valence-electron chi connectivity index (χ1n) is 22.9. The van der Waals surface area contributed by atoms with Crippen LogP contribution in [0.25, 0.3) is 111 Å². The topological polar surface area (TPSA) is 9.86 Å². The van der Waals surface area contributed by atoms with Crippen LogP contribution in [0, 0.1) is 87.3 Å². The van der Waals surface area contributed by atoms with Crippen LogP contribution in [0.15, 0.2) is 152 Å². The zero-order valence-corrected chi connectivity index (χ0v) is 38.5. The lowest BCUT2D eigenvalue weighted by molar-refractivity contribution is 0.416. The van der Waals surface area contributed by atoms with E-state index in [0.717, 1.165) is 34.4 Å². The molecule has 0 aliphatic heterocycles. The highest BCUT2D eigenvalue weighted by Crippen LogP contribution is 2.46. The molecule has 0 aliphatic rings. The number of hydrogen-bond acceptors (Lipinski definition) is 0. The smallest absolute Gasteiger partial charge is 0.199 e. The third-order valence-corrected chi connectivity index (χ3v) is 13.6. The Hall–Kier alpha value is -9.25. The molecule has 77 heavy (non-hydrogen) atoms. The van der Waals surface area contributed by atoms with Gasteiger partial charge in [-0.05, 0) is 104 Å². The van der Waals surface area contributed by atoms with Gasteiger partial charge in [-0.25, -0.2) is 65.9 Å². The molecule has 0 amide bonds. The molecule has 0 saturated heterocycles. The van der Waals surface area contributed by atoms with Crippen molar-refractivity contribution < 1.29 is 65.9 Å². The molecule has 0 fully saturated rings. The first kappa shape index (κ1) is 48.7. The van der Waals surface area contributed by atoms with Crippen molar-refractivity contribution in [1.29, 1.82) is 0 Å². The molecule has 0 atom stereocenters. The summed E-state index contributed by atoms with van der Waals surface area (Å²) in [4.78, 5) is 0. The van der Waals surface area contributed by atoms with Gasteiger partial charge in [0.2, 0.25) is 0 Å². The van der Waals surface area contributed by atoms with Crippen molar-refractivity contribution in [2.45, 2.75) is 0 Å². The van der Waals surface area contributed by atoms with Crippen LogP contribution < -0.4 is 0 Å². The summed E-state index contributed by atoms with van der Waals surface area (Å²) in [6.07, 6.45) is 0. The van der Waals surface area contributed by atoms with Gasteiger partial charge in [0.1, 0.15) is 0 Å². The molecule has 2 heterocycles. The Balaban J connectivity index is 1.25. The molecule has 2 aromatic heterocycles. The fourth-order valence-corrected chi connectivity index (χ4v) is 10.1. The highest BCUT2D eigenvalue weighted by atomic mass is 19.2. The summed E-state index contributed by atoms with van der Waals surface area (Å²) in [5, 5.41) is -6.13. The number of hydrogen-bond donors (Lipinski definition) is 0. The molecule has 0 unspecified atom stereocenters. The van der Waals surface area contributed by atoms with Gasteiger partial charge >= 0.3 is 0 Å². The Bertz CT molecular complexity index is 4330. The van der Waals surface area contributed by atoms with Gasteiger partial charge in [0.25, 0.3) is 0 Å². The summed E-state index contributed by atoms with van der Waals surface area (Å²) in [6.45, 7) is 0. The zero-order chi connectivity index (χ0) is 54.0. The summed E-state index contributed by atoms with van der Waals surface area (Å²) in [5.41, 5.74) is -2.38. The van der Waals surface area contributed by atoms with Crippen molar-refractivity contribution in [3.8, 4) is 67.0 Å². The van der Waals surface area contributed by atoms with Gasteiger partial charge < -0.3 is 9.13 Å². The summed E-state index contributed by atoms with van der Waals surface area (Å²) in [6, 6.07) is 40.5. The highest BCUT2D eigenvalue weighted by Gasteiger charge is 2.35. The van der Waals surface area contributed by atoms with E-state index in [0.29, 0.717) is 32.9 Å². The minimum absolute atomic E-state index is 0.0531. The van der Waals surface area contributed by atoms with Gasteiger partial charge in [0.05, 0.1) is 43.6 Å². The van der Waals surface area contributed by atoms with Gasteiger partial charge in [-0.2, -0.15) is 0 Å². The van der Waals surface area contributed by atoms with Crippen LogP contribution in [-0.4, -0.2) is 9.13 Å². The van der Waals surface area contributed by atoms with Gasteiger partial charge in [-0.3, -0.25) is 0 Å². The minimum Gasteiger partial charge on any atom is -0.306 e. The quantitative estimate of drug-likeness (QED) is 0.0855. The van der Waals surface area contributed by atoms with E-state index in [1.165, 1.54) is 0 Å². The summed E-state index contributed by atoms with van der Waals surface area (Å²) in [5.74, 6) is -35.9. The molecule has 0 bridgehead atoms. The van der Waals surface area contributed by atoms with Gasteiger partial charge in [-0.1, -0.05) is 97.1 Å². The largest absolute Gasteiger partial charge is 0.306 e. The fourth-order valence-electron chi connectivity index (χ4n) is 10.1. The molecule has 380 valence electrons. The molecule has 17 heteroatoms. The van der Waals surface area contributed by atoms with Crippen molar-refractivity contribution >= 4 is 43.6 Å². The molecular weight excluding hydrogens is 1030 g/mol. The zero-order valence-electron chi connectivity index (χ0n) is 38.5. The van der Waals surface area contributed by atoms with Crippen molar-refractivity contribution in [3.63, 3.8) is 0 Å². The monoisotopic (exact) mass is 1060 g/mol. The van der Waals surface area contributed by atoms with E-state index >= 15 is 65.9 Å². The predicted molar refractivity (Wildman–Crippen MR) is 262 cm³/mol. The second kappa shape index (κ2) is 18.0. The van der Waals surface area contributed by atoms with Crippen molar-refractivity contribution in [1.82, 2.24) is 9.13 Å². The Morgan fingerprint density at radius 1 is 0.208 bits per heavy atom. The van der Waals surface area contributed by atoms with Crippen LogP contribution in [0.5, 0.6) is 0 Å². The average molecular weight is 1060 g/mol. The Morgan fingerprint density at radius 2 is 0.506 bits per heavy atom. The number of rotatable bonds is 7. The van der Waals surface area contributed by atoms with E-state index in [-0.39, 0.29) is 21.8 Å². The second-order valence-corrected chi connectivity index (χ2v) is 17.9. The number of aromatic nitrogens is 2. The summed E-state index contributed by atoms with van der Waals surface area (Å²) < 4.78 is 236. The molecule has 0 aliphatic carbocycles. The second-order valence-electron chi connectivity index (χ2n) is 17.9. The van der Waals surface area contributed by atoms with Gasteiger partial charge in [-0.15, -0.1) is 0 Å². The fraction of sp³-hybridized carbons (Fsp3) is 0. The first-order chi connectivity index (χ1) is 36.9. The van der Waals surface area contributed by atoms with E-state index in [9.17, 15) is 0 Å².